The number of carboxylic acid groups (broad SMARTS) is 1. The summed E-state index contributed by atoms with van der Waals surface area (Å²) in [7, 11) is 0. The second kappa shape index (κ2) is 12.0. The molecule has 0 unspecified atom stereocenters. The standard InChI is InChI=1S/C29H30O5/c1-4-33-28(29(31)32)18-22-8-14-27(15-9-22)34-17-16-20(2)23-10-12-24(13-11-23)26-7-5-6-25(19-26)21(3)30/h5-16,19,28H,4,17-18H2,1-3H3,(H,31,32)/t28-/m0/s1. The molecule has 5 nitrogen and oxygen atoms in total. The van der Waals surface area contributed by atoms with Gasteiger partial charge in [-0.2, -0.15) is 0 Å². The molecule has 1 N–H and O–H groups in total. The fourth-order valence-electron chi connectivity index (χ4n) is 3.58. The van der Waals surface area contributed by atoms with E-state index in [2.05, 4.69) is 24.3 Å². The van der Waals surface area contributed by atoms with Gasteiger partial charge in [0.2, 0.25) is 0 Å². The summed E-state index contributed by atoms with van der Waals surface area (Å²) >= 11 is 0. The first-order chi connectivity index (χ1) is 16.4. The van der Waals surface area contributed by atoms with Crippen molar-refractivity contribution in [2.45, 2.75) is 33.3 Å². The molecule has 3 rings (SSSR count). The molecule has 0 bridgehead atoms. The summed E-state index contributed by atoms with van der Waals surface area (Å²) in [5.41, 5.74) is 5.87. The van der Waals surface area contributed by atoms with Crippen molar-refractivity contribution in [2.24, 2.45) is 0 Å². The van der Waals surface area contributed by atoms with Gasteiger partial charge in [0.25, 0.3) is 0 Å². The molecule has 5 heteroatoms. The Morgan fingerprint density at radius 1 is 0.912 bits per heavy atom. The van der Waals surface area contributed by atoms with Gasteiger partial charge in [-0.25, -0.2) is 4.79 Å². The smallest absolute Gasteiger partial charge is 0.333 e. The molecule has 3 aromatic carbocycles. The molecule has 0 aliphatic carbocycles. The van der Waals surface area contributed by atoms with E-state index >= 15 is 0 Å². The highest BCUT2D eigenvalue weighted by Crippen LogP contribution is 2.24. The highest BCUT2D eigenvalue weighted by Gasteiger charge is 2.17. The summed E-state index contributed by atoms with van der Waals surface area (Å²) in [5, 5.41) is 9.22. The van der Waals surface area contributed by atoms with Crippen LogP contribution in [0.4, 0.5) is 0 Å². The van der Waals surface area contributed by atoms with Crippen LogP contribution < -0.4 is 4.74 Å². The van der Waals surface area contributed by atoms with Gasteiger partial charge in [-0.1, -0.05) is 54.6 Å². The number of rotatable bonds is 11. The first kappa shape index (κ1) is 24.9. The molecule has 0 heterocycles. The molecule has 0 saturated carbocycles. The fourth-order valence-corrected chi connectivity index (χ4v) is 3.58. The number of carbonyl (C=O) groups is 2. The van der Waals surface area contributed by atoms with Crippen molar-refractivity contribution in [3.8, 4) is 16.9 Å². The molecular weight excluding hydrogens is 428 g/mol. The maximum absolute atomic E-state index is 11.6. The van der Waals surface area contributed by atoms with E-state index < -0.39 is 12.1 Å². The molecule has 0 radical (unpaired) electrons. The zero-order valence-electron chi connectivity index (χ0n) is 19.8. The number of carbonyl (C=O) groups excluding carboxylic acids is 1. The highest BCUT2D eigenvalue weighted by molar-refractivity contribution is 5.95. The van der Waals surface area contributed by atoms with Gasteiger partial charge in [0.05, 0.1) is 0 Å². The molecule has 176 valence electrons. The molecule has 0 aliphatic rings. The Balaban J connectivity index is 1.57. The minimum Gasteiger partial charge on any atom is -0.490 e. The Morgan fingerprint density at radius 2 is 1.62 bits per heavy atom. The molecule has 3 aromatic rings. The topological polar surface area (TPSA) is 72.8 Å². The predicted octanol–water partition coefficient (Wildman–Crippen LogP) is 6.07. The Kier molecular flexibility index (Phi) is 8.77. The van der Waals surface area contributed by atoms with Crippen LogP contribution in [-0.4, -0.2) is 36.2 Å². The number of hydrogen-bond acceptors (Lipinski definition) is 4. The minimum absolute atomic E-state index is 0.0573. The third-order valence-corrected chi connectivity index (χ3v) is 5.57. The zero-order chi connectivity index (χ0) is 24.5. The number of ether oxygens (including phenoxy) is 2. The molecule has 0 aliphatic heterocycles. The Labute approximate surface area is 200 Å². The predicted molar refractivity (Wildman–Crippen MR) is 134 cm³/mol. The molecule has 1 atom stereocenters. The normalized spacial score (nSPS) is 12.3. The highest BCUT2D eigenvalue weighted by atomic mass is 16.5. The molecule has 0 amide bonds. The van der Waals surface area contributed by atoms with E-state index in [1.165, 1.54) is 0 Å². The van der Waals surface area contributed by atoms with E-state index in [4.69, 9.17) is 9.47 Å². The average molecular weight is 459 g/mol. The van der Waals surface area contributed by atoms with Gasteiger partial charge in [-0.3, -0.25) is 4.79 Å². The van der Waals surface area contributed by atoms with Crippen LogP contribution in [0.5, 0.6) is 5.75 Å². The summed E-state index contributed by atoms with van der Waals surface area (Å²) in [6.45, 7) is 6.18. The van der Waals surface area contributed by atoms with E-state index in [1.54, 1.807) is 13.8 Å². The SMILES string of the molecule is CCO[C@@H](Cc1ccc(OCC=C(C)c2ccc(-c3cccc(C(C)=O)c3)cc2)cc1)C(=O)O. The van der Waals surface area contributed by atoms with E-state index in [1.807, 2.05) is 61.5 Å². The van der Waals surface area contributed by atoms with E-state index in [-0.39, 0.29) is 5.78 Å². The van der Waals surface area contributed by atoms with Crippen molar-refractivity contribution in [1.29, 1.82) is 0 Å². The van der Waals surface area contributed by atoms with Gasteiger partial charge in [-0.05, 0) is 72.9 Å². The molecular formula is C29H30O5. The number of ketones is 1. The lowest BCUT2D eigenvalue weighted by atomic mass is 9.99. The van der Waals surface area contributed by atoms with Crippen LogP contribution in [-0.2, 0) is 16.0 Å². The first-order valence-electron chi connectivity index (χ1n) is 11.3. The maximum Gasteiger partial charge on any atom is 0.333 e. The van der Waals surface area contributed by atoms with Crippen molar-refractivity contribution >= 4 is 17.3 Å². The van der Waals surface area contributed by atoms with Crippen LogP contribution in [0.1, 0.15) is 42.3 Å². The lowest BCUT2D eigenvalue weighted by Crippen LogP contribution is -2.26. The largest absolute Gasteiger partial charge is 0.490 e. The van der Waals surface area contributed by atoms with Crippen LogP contribution in [0.3, 0.4) is 0 Å². The Bertz CT molecular complexity index is 1140. The van der Waals surface area contributed by atoms with Crippen molar-refractivity contribution in [3.05, 3.63) is 95.6 Å². The fraction of sp³-hybridized carbons (Fsp3) is 0.241. The van der Waals surface area contributed by atoms with Gasteiger partial charge < -0.3 is 14.6 Å². The number of benzene rings is 3. The number of aliphatic carboxylic acids is 1. The van der Waals surface area contributed by atoms with Crippen LogP contribution in [0.2, 0.25) is 0 Å². The zero-order valence-corrected chi connectivity index (χ0v) is 19.8. The number of allylic oxidation sites excluding steroid dienone is 1. The molecule has 0 aromatic heterocycles. The summed E-state index contributed by atoms with van der Waals surface area (Å²) in [5.74, 6) is -0.181. The van der Waals surface area contributed by atoms with Crippen molar-refractivity contribution in [2.75, 3.05) is 13.2 Å². The summed E-state index contributed by atoms with van der Waals surface area (Å²) in [6, 6.07) is 23.3. The van der Waals surface area contributed by atoms with Crippen LogP contribution in [0, 0.1) is 0 Å². The quantitative estimate of drug-likeness (QED) is 0.353. The van der Waals surface area contributed by atoms with Crippen LogP contribution in [0.25, 0.3) is 16.7 Å². The van der Waals surface area contributed by atoms with Crippen LogP contribution >= 0.6 is 0 Å². The minimum atomic E-state index is -0.958. The van der Waals surface area contributed by atoms with Gasteiger partial charge in [0.1, 0.15) is 12.4 Å². The van der Waals surface area contributed by atoms with Crippen molar-refractivity contribution in [1.82, 2.24) is 0 Å². The molecule has 0 fully saturated rings. The van der Waals surface area contributed by atoms with Crippen molar-refractivity contribution < 1.29 is 24.2 Å². The van der Waals surface area contributed by atoms with Gasteiger partial charge in [0, 0.05) is 18.6 Å². The van der Waals surface area contributed by atoms with Gasteiger partial charge in [0.15, 0.2) is 11.9 Å². The molecule has 34 heavy (non-hydrogen) atoms. The second-order valence-electron chi connectivity index (χ2n) is 8.04. The van der Waals surface area contributed by atoms with Gasteiger partial charge >= 0.3 is 5.97 Å². The summed E-state index contributed by atoms with van der Waals surface area (Å²) in [6.07, 6.45) is 1.50. The lowest BCUT2D eigenvalue weighted by Gasteiger charge is -2.12. The van der Waals surface area contributed by atoms with Crippen molar-refractivity contribution in [3.63, 3.8) is 0 Å². The number of carboxylic acids is 1. The Morgan fingerprint density at radius 3 is 2.24 bits per heavy atom. The first-order valence-corrected chi connectivity index (χ1v) is 11.3. The van der Waals surface area contributed by atoms with E-state index in [0.717, 1.165) is 33.6 Å². The van der Waals surface area contributed by atoms with E-state index in [0.29, 0.717) is 25.2 Å². The third-order valence-electron chi connectivity index (χ3n) is 5.57. The lowest BCUT2D eigenvalue weighted by molar-refractivity contribution is -0.149. The number of hydrogen-bond donors (Lipinski definition) is 1. The van der Waals surface area contributed by atoms with Gasteiger partial charge in [-0.15, -0.1) is 0 Å². The Hall–Kier alpha value is -3.70. The second-order valence-corrected chi connectivity index (χ2v) is 8.04. The number of Topliss-reactive ketones (excluding diaryl/α,β-unsaturated/α-hetero) is 1. The molecule has 0 saturated heterocycles. The summed E-state index contributed by atoms with van der Waals surface area (Å²) < 4.78 is 11.1. The van der Waals surface area contributed by atoms with Crippen LogP contribution in [0.15, 0.2) is 78.9 Å². The monoisotopic (exact) mass is 458 g/mol. The summed E-state index contributed by atoms with van der Waals surface area (Å²) in [4.78, 5) is 22.9. The molecule has 0 spiro atoms. The average Bonchev–Trinajstić information content (AvgIpc) is 2.84. The third kappa shape index (κ3) is 6.90. The van der Waals surface area contributed by atoms with E-state index in [9.17, 15) is 14.7 Å². The maximum atomic E-state index is 11.6.